The van der Waals surface area contributed by atoms with Gasteiger partial charge in [0.05, 0.1) is 9.95 Å². The molecule has 3 N–H and O–H groups in total. The predicted octanol–water partition coefficient (Wildman–Crippen LogP) is 1.79. The van der Waals surface area contributed by atoms with Gasteiger partial charge in [-0.15, -0.1) is 0 Å². The Balaban J connectivity index is 2.67. The van der Waals surface area contributed by atoms with Gasteiger partial charge in [0, 0.05) is 18.8 Å². The van der Waals surface area contributed by atoms with Crippen molar-refractivity contribution in [2.24, 2.45) is 5.73 Å². The lowest BCUT2D eigenvalue weighted by molar-refractivity contribution is -0.384. The van der Waals surface area contributed by atoms with E-state index in [9.17, 15) is 10.1 Å². The minimum Gasteiger partial charge on any atom is -0.364 e. The summed E-state index contributed by atoms with van der Waals surface area (Å²) < 4.78 is 0. The monoisotopic (exact) mass is 244 g/mol. The third-order valence-electron chi connectivity index (χ3n) is 1.95. The van der Waals surface area contributed by atoms with Gasteiger partial charge in [-0.2, -0.15) is 0 Å². The fraction of sp³-hybridized carbons (Fsp3) is 0.444. The van der Waals surface area contributed by atoms with Crippen LogP contribution in [0.2, 0.25) is 5.02 Å². The Bertz CT molecular complexity index is 373. The number of nitrogens with zero attached hydrogens (tertiary/aromatic N) is 2. The zero-order valence-corrected chi connectivity index (χ0v) is 9.41. The number of nitro groups is 1. The number of aromatic nitrogens is 1. The van der Waals surface area contributed by atoms with E-state index in [1.54, 1.807) is 0 Å². The summed E-state index contributed by atoms with van der Waals surface area (Å²) in [5, 5.41) is 13.8. The lowest BCUT2D eigenvalue weighted by atomic mass is 10.3. The first kappa shape index (κ1) is 12.7. The van der Waals surface area contributed by atoms with E-state index in [1.807, 2.05) is 0 Å². The summed E-state index contributed by atoms with van der Waals surface area (Å²) in [4.78, 5) is 14.1. The molecule has 0 saturated carbocycles. The zero-order chi connectivity index (χ0) is 12.0. The van der Waals surface area contributed by atoms with E-state index in [-0.39, 0.29) is 16.5 Å². The van der Waals surface area contributed by atoms with Crippen molar-refractivity contribution in [2.75, 3.05) is 18.4 Å². The van der Waals surface area contributed by atoms with E-state index in [4.69, 9.17) is 17.3 Å². The normalized spacial score (nSPS) is 10.1. The van der Waals surface area contributed by atoms with Crippen LogP contribution >= 0.6 is 11.6 Å². The summed E-state index contributed by atoms with van der Waals surface area (Å²) in [7, 11) is 0. The summed E-state index contributed by atoms with van der Waals surface area (Å²) in [6.45, 7) is 1.21. The highest BCUT2D eigenvalue weighted by Gasteiger charge is 2.15. The van der Waals surface area contributed by atoms with Gasteiger partial charge in [0.1, 0.15) is 0 Å². The van der Waals surface area contributed by atoms with Gasteiger partial charge in [0.25, 0.3) is 0 Å². The van der Waals surface area contributed by atoms with Crippen LogP contribution < -0.4 is 11.1 Å². The van der Waals surface area contributed by atoms with Crippen LogP contribution in [-0.4, -0.2) is 23.0 Å². The summed E-state index contributed by atoms with van der Waals surface area (Å²) in [5.74, 6) is 0.242. The molecule has 0 saturated heterocycles. The molecule has 0 aliphatic heterocycles. The van der Waals surface area contributed by atoms with E-state index in [0.29, 0.717) is 13.1 Å². The van der Waals surface area contributed by atoms with Gasteiger partial charge in [-0.1, -0.05) is 11.6 Å². The Morgan fingerprint density at radius 2 is 2.31 bits per heavy atom. The van der Waals surface area contributed by atoms with Crippen molar-refractivity contribution >= 4 is 23.1 Å². The smallest absolute Gasteiger partial charge is 0.312 e. The number of nitrogens with one attached hydrogen (secondary N) is 1. The molecule has 6 nitrogen and oxygen atoms in total. The van der Waals surface area contributed by atoms with Gasteiger partial charge in [0.2, 0.25) is 5.82 Å². The topological polar surface area (TPSA) is 94.1 Å². The van der Waals surface area contributed by atoms with Crippen molar-refractivity contribution in [3.8, 4) is 0 Å². The van der Waals surface area contributed by atoms with Crippen LogP contribution in [0.4, 0.5) is 11.5 Å². The van der Waals surface area contributed by atoms with Gasteiger partial charge >= 0.3 is 5.69 Å². The van der Waals surface area contributed by atoms with Crippen LogP contribution in [0.25, 0.3) is 0 Å². The van der Waals surface area contributed by atoms with Crippen molar-refractivity contribution < 1.29 is 4.92 Å². The van der Waals surface area contributed by atoms with E-state index in [1.165, 1.54) is 12.3 Å². The van der Waals surface area contributed by atoms with Crippen LogP contribution in [0.15, 0.2) is 12.3 Å². The van der Waals surface area contributed by atoms with Crippen molar-refractivity contribution in [1.29, 1.82) is 0 Å². The highest BCUT2D eigenvalue weighted by atomic mass is 35.5. The largest absolute Gasteiger partial charge is 0.364 e. The molecule has 0 spiro atoms. The summed E-state index contributed by atoms with van der Waals surface area (Å²) in [5.41, 5.74) is 5.23. The fourth-order valence-corrected chi connectivity index (χ4v) is 1.33. The van der Waals surface area contributed by atoms with Gasteiger partial charge < -0.3 is 11.1 Å². The molecule has 88 valence electrons. The Morgan fingerprint density at radius 3 is 2.94 bits per heavy atom. The fourth-order valence-electron chi connectivity index (χ4n) is 1.18. The molecule has 1 heterocycles. The number of hydrogen-bond acceptors (Lipinski definition) is 5. The lowest BCUT2D eigenvalue weighted by Crippen LogP contribution is -2.08. The van der Waals surface area contributed by atoms with E-state index < -0.39 is 4.92 Å². The number of nitrogens with two attached hydrogens (primary N) is 1. The zero-order valence-electron chi connectivity index (χ0n) is 8.65. The highest BCUT2D eigenvalue weighted by molar-refractivity contribution is 6.30. The van der Waals surface area contributed by atoms with Gasteiger partial charge in [-0.05, 0) is 19.4 Å². The molecule has 0 bridgehead atoms. The summed E-state index contributed by atoms with van der Waals surface area (Å²) >= 11 is 5.63. The van der Waals surface area contributed by atoms with E-state index in [2.05, 4.69) is 10.3 Å². The summed E-state index contributed by atoms with van der Waals surface area (Å²) in [6.07, 6.45) is 3.09. The quantitative estimate of drug-likeness (QED) is 0.452. The molecule has 0 amide bonds. The molecule has 0 atom stereocenters. The molecular formula is C9H13ClN4O2. The number of pyridine rings is 1. The number of hydrogen-bond donors (Lipinski definition) is 2. The van der Waals surface area contributed by atoms with E-state index in [0.717, 1.165) is 12.8 Å². The molecule has 0 unspecified atom stereocenters. The van der Waals surface area contributed by atoms with Crippen molar-refractivity contribution in [2.45, 2.75) is 12.8 Å². The second-order valence-corrected chi connectivity index (χ2v) is 3.64. The molecule has 16 heavy (non-hydrogen) atoms. The maximum Gasteiger partial charge on any atom is 0.312 e. The first-order chi connectivity index (χ1) is 7.65. The molecule has 1 rings (SSSR count). The van der Waals surface area contributed by atoms with Crippen LogP contribution in [0.5, 0.6) is 0 Å². The third-order valence-corrected chi connectivity index (χ3v) is 2.16. The molecule has 0 aliphatic rings. The first-order valence-electron chi connectivity index (χ1n) is 4.89. The van der Waals surface area contributed by atoms with Crippen molar-refractivity contribution in [3.05, 3.63) is 27.4 Å². The molecule has 0 aliphatic carbocycles. The average molecular weight is 245 g/mol. The number of halogens is 1. The summed E-state index contributed by atoms with van der Waals surface area (Å²) in [6, 6.07) is 1.28. The number of anilines is 1. The van der Waals surface area contributed by atoms with Crippen LogP contribution in [0.3, 0.4) is 0 Å². The third kappa shape index (κ3) is 3.63. The Morgan fingerprint density at radius 1 is 1.56 bits per heavy atom. The molecule has 0 fully saturated rings. The number of unbranched alkanes of at least 4 members (excludes halogenated alkanes) is 1. The number of rotatable bonds is 6. The maximum absolute atomic E-state index is 10.7. The Hall–Kier alpha value is -1.40. The molecule has 0 radical (unpaired) electrons. The van der Waals surface area contributed by atoms with Crippen LogP contribution in [0, 0.1) is 10.1 Å². The predicted molar refractivity (Wildman–Crippen MR) is 62.7 cm³/mol. The minimum atomic E-state index is -0.510. The molecule has 7 heteroatoms. The molecular weight excluding hydrogens is 232 g/mol. The van der Waals surface area contributed by atoms with Gasteiger partial charge in [0.15, 0.2) is 0 Å². The molecule has 1 aromatic heterocycles. The van der Waals surface area contributed by atoms with Crippen molar-refractivity contribution in [3.63, 3.8) is 0 Å². The second-order valence-electron chi connectivity index (χ2n) is 3.20. The van der Waals surface area contributed by atoms with Gasteiger partial charge in [-0.25, -0.2) is 4.98 Å². The van der Waals surface area contributed by atoms with Crippen LogP contribution in [-0.2, 0) is 0 Å². The Labute approximate surface area is 98.0 Å². The molecule has 1 aromatic rings. The van der Waals surface area contributed by atoms with Gasteiger partial charge in [-0.3, -0.25) is 10.1 Å². The standard InChI is InChI=1S/C9H13ClN4O2/c10-7-5-8(14(15)16)9(13-6-7)12-4-2-1-3-11/h5-6H,1-4,11H2,(H,12,13). The Kier molecular flexibility index (Phi) is 4.94. The van der Waals surface area contributed by atoms with E-state index >= 15 is 0 Å². The van der Waals surface area contributed by atoms with Crippen LogP contribution in [0.1, 0.15) is 12.8 Å². The second kappa shape index (κ2) is 6.24. The molecule has 0 aromatic carbocycles. The minimum absolute atomic E-state index is 0.111. The SMILES string of the molecule is NCCCCNc1ncc(Cl)cc1[N+](=O)[O-]. The lowest BCUT2D eigenvalue weighted by Gasteiger charge is -2.05. The maximum atomic E-state index is 10.7. The average Bonchev–Trinajstić information content (AvgIpc) is 2.26. The van der Waals surface area contributed by atoms with Crippen molar-refractivity contribution in [1.82, 2.24) is 4.98 Å². The first-order valence-corrected chi connectivity index (χ1v) is 5.27. The highest BCUT2D eigenvalue weighted by Crippen LogP contribution is 2.24.